The quantitative estimate of drug-likeness (QED) is 0.325. The molecule has 1 unspecified atom stereocenters. The van der Waals surface area contributed by atoms with Gasteiger partial charge in [0.15, 0.2) is 0 Å². The molecule has 3 N–H and O–H groups in total. The molecule has 4 heteroatoms. The number of aromatic nitrogens is 2. The molecule has 0 aliphatic rings. The Morgan fingerprint density at radius 2 is 1.62 bits per heavy atom. The van der Waals surface area contributed by atoms with Gasteiger partial charge >= 0.3 is 0 Å². The van der Waals surface area contributed by atoms with Crippen LogP contribution in [0.25, 0.3) is 0 Å². The van der Waals surface area contributed by atoms with E-state index in [-0.39, 0.29) is 6.04 Å². The number of imidazole rings is 1. The molecule has 0 fully saturated rings. The summed E-state index contributed by atoms with van der Waals surface area (Å²) in [6.45, 7) is 2.27. The summed E-state index contributed by atoms with van der Waals surface area (Å²) in [6, 6.07) is 0.228. The van der Waals surface area contributed by atoms with Crippen LogP contribution >= 0.6 is 0 Å². The van der Waals surface area contributed by atoms with Crippen LogP contribution in [0.15, 0.2) is 12.5 Å². The first-order valence-corrected chi connectivity index (χ1v) is 8.72. The second-order valence-corrected chi connectivity index (χ2v) is 6.12. The molecule has 1 rings (SSSR count). The van der Waals surface area contributed by atoms with Crippen LogP contribution in [0.4, 0.5) is 0 Å². The lowest BCUT2D eigenvalue weighted by Gasteiger charge is -2.16. The second kappa shape index (κ2) is 11.8. The summed E-state index contributed by atoms with van der Waals surface area (Å²) in [4.78, 5) is 4.16. The topological polar surface area (TPSA) is 55.9 Å². The zero-order valence-corrected chi connectivity index (χ0v) is 14.0. The summed E-state index contributed by atoms with van der Waals surface area (Å²) < 4.78 is 2.04. The van der Waals surface area contributed by atoms with Crippen LogP contribution in [-0.4, -0.2) is 9.55 Å². The molecule has 0 radical (unpaired) electrons. The molecule has 0 amide bonds. The Kier molecular flexibility index (Phi) is 10.2. The van der Waals surface area contributed by atoms with Gasteiger partial charge in [0.25, 0.3) is 0 Å². The standard InChI is InChI=1S/C17H34N4/c1-3-4-5-6-7-8-9-10-11-12-13-16(20-18)17-14-19-15-21(17)2/h14-16,20H,3-13,18H2,1-2H3. The fraction of sp³-hybridized carbons (Fsp3) is 0.824. The normalized spacial score (nSPS) is 12.7. The highest BCUT2D eigenvalue weighted by Crippen LogP contribution is 2.19. The van der Waals surface area contributed by atoms with E-state index in [4.69, 9.17) is 5.84 Å². The number of nitrogens with two attached hydrogens (primary N) is 1. The van der Waals surface area contributed by atoms with Crippen LogP contribution in [0, 0.1) is 0 Å². The van der Waals surface area contributed by atoms with Crippen LogP contribution in [0.5, 0.6) is 0 Å². The van der Waals surface area contributed by atoms with E-state index in [1.807, 2.05) is 24.1 Å². The van der Waals surface area contributed by atoms with Gasteiger partial charge < -0.3 is 4.57 Å². The molecule has 0 aromatic carbocycles. The molecule has 0 spiro atoms. The van der Waals surface area contributed by atoms with Gasteiger partial charge in [-0.05, 0) is 6.42 Å². The Labute approximate surface area is 130 Å². The summed E-state index contributed by atoms with van der Waals surface area (Å²) >= 11 is 0. The molecule has 0 saturated heterocycles. The number of hydrogen-bond donors (Lipinski definition) is 2. The lowest BCUT2D eigenvalue weighted by atomic mass is 10.0. The largest absolute Gasteiger partial charge is 0.336 e. The monoisotopic (exact) mass is 294 g/mol. The first-order chi connectivity index (χ1) is 10.3. The maximum absolute atomic E-state index is 5.66. The zero-order chi connectivity index (χ0) is 15.3. The molecule has 1 heterocycles. The van der Waals surface area contributed by atoms with Gasteiger partial charge in [-0.25, -0.2) is 4.98 Å². The first-order valence-electron chi connectivity index (χ1n) is 8.72. The van der Waals surface area contributed by atoms with Crippen molar-refractivity contribution in [2.75, 3.05) is 0 Å². The third kappa shape index (κ3) is 7.63. The molecule has 0 bridgehead atoms. The molecule has 4 nitrogen and oxygen atoms in total. The number of unbranched alkanes of at least 4 members (excludes halogenated alkanes) is 9. The van der Waals surface area contributed by atoms with E-state index >= 15 is 0 Å². The van der Waals surface area contributed by atoms with Crippen LogP contribution in [0.1, 0.15) is 89.3 Å². The number of hydrogen-bond acceptors (Lipinski definition) is 3. The fourth-order valence-corrected chi connectivity index (χ4v) is 2.86. The van der Waals surface area contributed by atoms with E-state index in [2.05, 4.69) is 17.3 Å². The number of hydrazine groups is 1. The average molecular weight is 294 g/mol. The Hall–Kier alpha value is -0.870. The second-order valence-electron chi connectivity index (χ2n) is 6.12. The predicted molar refractivity (Wildman–Crippen MR) is 89.7 cm³/mol. The molecule has 0 aliphatic heterocycles. The molecule has 1 aromatic rings. The molecular weight excluding hydrogens is 260 g/mol. The zero-order valence-electron chi connectivity index (χ0n) is 14.0. The van der Waals surface area contributed by atoms with Crippen molar-refractivity contribution in [3.8, 4) is 0 Å². The predicted octanol–water partition coefficient (Wildman–Crippen LogP) is 4.24. The third-order valence-corrected chi connectivity index (χ3v) is 4.26. The summed E-state index contributed by atoms with van der Waals surface area (Å²) in [7, 11) is 2.02. The van der Waals surface area contributed by atoms with E-state index < -0.39 is 0 Å². The average Bonchev–Trinajstić information content (AvgIpc) is 2.91. The highest BCUT2D eigenvalue weighted by molar-refractivity contribution is 5.04. The van der Waals surface area contributed by atoms with Crippen molar-refractivity contribution in [2.45, 2.75) is 83.6 Å². The van der Waals surface area contributed by atoms with Gasteiger partial charge in [0, 0.05) is 13.2 Å². The summed E-state index contributed by atoms with van der Waals surface area (Å²) in [5, 5.41) is 0. The van der Waals surface area contributed by atoms with Crippen molar-refractivity contribution in [3.63, 3.8) is 0 Å². The van der Waals surface area contributed by atoms with Crippen molar-refractivity contribution < 1.29 is 0 Å². The van der Waals surface area contributed by atoms with Gasteiger partial charge in [-0.3, -0.25) is 11.3 Å². The third-order valence-electron chi connectivity index (χ3n) is 4.26. The number of nitrogens with zero attached hydrogens (tertiary/aromatic N) is 2. The van der Waals surface area contributed by atoms with Crippen LogP contribution < -0.4 is 11.3 Å². The van der Waals surface area contributed by atoms with Gasteiger partial charge in [-0.1, -0.05) is 71.1 Å². The minimum absolute atomic E-state index is 0.228. The summed E-state index contributed by atoms with van der Waals surface area (Å²) in [5.41, 5.74) is 4.09. The van der Waals surface area contributed by atoms with E-state index in [0.717, 1.165) is 6.42 Å². The summed E-state index contributed by atoms with van der Waals surface area (Å²) in [6.07, 6.45) is 18.5. The minimum atomic E-state index is 0.228. The molecule has 0 saturated carbocycles. The summed E-state index contributed by atoms with van der Waals surface area (Å²) in [5.74, 6) is 5.66. The molecule has 21 heavy (non-hydrogen) atoms. The van der Waals surface area contributed by atoms with E-state index in [0.29, 0.717) is 0 Å². The fourth-order valence-electron chi connectivity index (χ4n) is 2.86. The molecule has 1 atom stereocenters. The van der Waals surface area contributed by atoms with E-state index in [1.54, 1.807) is 0 Å². The highest BCUT2D eigenvalue weighted by Gasteiger charge is 2.12. The van der Waals surface area contributed by atoms with Gasteiger partial charge in [0.05, 0.1) is 18.1 Å². The SMILES string of the molecule is CCCCCCCCCCCCC(NN)c1cncn1C. The molecule has 0 aliphatic carbocycles. The van der Waals surface area contributed by atoms with Gasteiger partial charge in [-0.2, -0.15) is 0 Å². The Morgan fingerprint density at radius 1 is 1.05 bits per heavy atom. The number of nitrogens with one attached hydrogen (secondary N) is 1. The van der Waals surface area contributed by atoms with Crippen molar-refractivity contribution in [2.24, 2.45) is 12.9 Å². The van der Waals surface area contributed by atoms with Crippen molar-refractivity contribution in [1.82, 2.24) is 15.0 Å². The maximum Gasteiger partial charge on any atom is 0.0946 e. The van der Waals surface area contributed by atoms with Gasteiger partial charge in [0.2, 0.25) is 0 Å². The lowest BCUT2D eigenvalue weighted by Crippen LogP contribution is -2.29. The molecule has 122 valence electrons. The van der Waals surface area contributed by atoms with E-state index in [9.17, 15) is 0 Å². The first kappa shape index (κ1) is 18.2. The van der Waals surface area contributed by atoms with Gasteiger partial charge in [0.1, 0.15) is 0 Å². The maximum atomic E-state index is 5.66. The van der Waals surface area contributed by atoms with Crippen LogP contribution in [-0.2, 0) is 7.05 Å². The van der Waals surface area contributed by atoms with E-state index in [1.165, 1.54) is 69.9 Å². The Bertz CT molecular complexity index is 348. The van der Waals surface area contributed by atoms with Gasteiger partial charge in [-0.15, -0.1) is 0 Å². The number of rotatable bonds is 13. The Morgan fingerprint density at radius 3 is 2.10 bits per heavy atom. The lowest BCUT2D eigenvalue weighted by molar-refractivity contribution is 0.457. The highest BCUT2D eigenvalue weighted by atomic mass is 15.2. The van der Waals surface area contributed by atoms with Crippen molar-refractivity contribution >= 4 is 0 Å². The van der Waals surface area contributed by atoms with Crippen LogP contribution in [0.3, 0.4) is 0 Å². The Balaban J connectivity index is 1.99. The molecule has 1 aromatic heterocycles. The van der Waals surface area contributed by atoms with Crippen molar-refractivity contribution in [3.05, 3.63) is 18.2 Å². The molecular formula is C17H34N4. The minimum Gasteiger partial charge on any atom is -0.336 e. The van der Waals surface area contributed by atoms with Crippen LogP contribution in [0.2, 0.25) is 0 Å². The van der Waals surface area contributed by atoms with Crippen molar-refractivity contribution in [1.29, 1.82) is 0 Å². The number of aryl methyl sites for hydroxylation is 1. The smallest absolute Gasteiger partial charge is 0.0946 e.